The van der Waals surface area contributed by atoms with E-state index in [-0.39, 0.29) is 12.4 Å². The number of ether oxygens (including phenoxy) is 2. The van der Waals surface area contributed by atoms with Crippen molar-refractivity contribution < 1.29 is 14.3 Å². The van der Waals surface area contributed by atoms with Gasteiger partial charge in [-0.3, -0.25) is 4.79 Å². The third-order valence-electron chi connectivity index (χ3n) is 5.03. The number of nitrogens with one attached hydrogen (secondary N) is 1. The number of rotatable bonds is 4. The average molecular weight is 399 g/mol. The van der Waals surface area contributed by atoms with E-state index in [2.05, 4.69) is 9.88 Å². The summed E-state index contributed by atoms with van der Waals surface area (Å²) >= 11 is 0. The Hall–Kier alpha value is -3.98. The molecule has 4 rings (SSSR count). The normalized spacial score (nSPS) is 12.5. The second-order valence-corrected chi connectivity index (χ2v) is 7.19. The Morgan fingerprint density at radius 3 is 2.67 bits per heavy atom. The summed E-state index contributed by atoms with van der Waals surface area (Å²) in [5.41, 5.74) is 5.37. The zero-order valence-corrected chi connectivity index (χ0v) is 17.0. The van der Waals surface area contributed by atoms with E-state index in [1.54, 1.807) is 12.1 Å². The van der Waals surface area contributed by atoms with Crippen molar-refractivity contribution in [2.75, 3.05) is 12.1 Å². The molecule has 0 aliphatic carbocycles. The lowest BCUT2D eigenvalue weighted by Crippen LogP contribution is -2.13. The predicted octanol–water partition coefficient (Wildman–Crippen LogP) is 4.68. The largest absolute Gasteiger partial charge is 0.454 e. The Balaban J connectivity index is 1.65. The first-order chi connectivity index (χ1) is 14.5. The van der Waals surface area contributed by atoms with Gasteiger partial charge in [-0.05, 0) is 68.3 Å². The molecule has 3 aromatic rings. The fraction of sp³-hybridized carbons (Fsp3) is 0.167. The van der Waals surface area contributed by atoms with Crippen molar-refractivity contribution in [3.05, 3.63) is 76.6 Å². The van der Waals surface area contributed by atoms with Gasteiger partial charge in [0, 0.05) is 28.8 Å². The van der Waals surface area contributed by atoms with Gasteiger partial charge in [0.25, 0.3) is 5.91 Å². The van der Waals surface area contributed by atoms with Crippen LogP contribution in [0, 0.1) is 32.1 Å². The SMILES string of the molecule is Cc1cccc(NC(=O)C(C#N)=Cc2cc(C)n(-c3ccc4c(c3)OCO4)c2C)c1. The Labute approximate surface area is 175 Å². The summed E-state index contributed by atoms with van der Waals surface area (Å²) in [5.74, 6) is 0.990. The van der Waals surface area contributed by atoms with E-state index < -0.39 is 5.91 Å². The summed E-state index contributed by atoms with van der Waals surface area (Å²) in [6, 6.07) is 17.2. The van der Waals surface area contributed by atoms with Gasteiger partial charge in [0.1, 0.15) is 11.6 Å². The highest BCUT2D eigenvalue weighted by Gasteiger charge is 2.17. The summed E-state index contributed by atoms with van der Waals surface area (Å²) in [4.78, 5) is 12.6. The lowest BCUT2D eigenvalue weighted by molar-refractivity contribution is -0.112. The number of fused-ring (bicyclic) bond motifs is 1. The van der Waals surface area contributed by atoms with Gasteiger partial charge < -0.3 is 19.4 Å². The molecule has 1 N–H and O–H groups in total. The highest BCUT2D eigenvalue weighted by atomic mass is 16.7. The van der Waals surface area contributed by atoms with Crippen LogP contribution in [0.5, 0.6) is 11.5 Å². The van der Waals surface area contributed by atoms with Crippen LogP contribution in [0.4, 0.5) is 5.69 Å². The van der Waals surface area contributed by atoms with Gasteiger partial charge in [0.05, 0.1) is 0 Å². The van der Waals surface area contributed by atoms with Gasteiger partial charge in [-0.15, -0.1) is 0 Å². The van der Waals surface area contributed by atoms with Crippen molar-refractivity contribution in [2.24, 2.45) is 0 Å². The van der Waals surface area contributed by atoms with Crippen LogP contribution in [0.1, 0.15) is 22.5 Å². The monoisotopic (exact) mass is 399 g/mol. The minimum absolute atomic E-state index is 0.0439. The average Bonchev–Trinajstić information content (AvgIpc) is 3.29. The number of carbonyl (C=O) groups is 1. The van der Waals surface area contributed by atoms with Crippen molar-refractivity contribution in [3.8, 4) is 23.3 Å². The van der Waals surface area contributed by atoms with Gasteiger partial charge in [0.15, 0.2) is 11.5 Å². The molecule has 30 heavy (non-hydrogen) atoms. The molecular formula is C24H21N3O3. The number of benzene rings is 2. The van der Waals surface area contributed by atoms with Crippen molar-refractivity contribution in [3.63, 3.8) is 0 Å². The van der Waals surface area contributed by atoms with Crippen LogP contribution >= 0.6 is 0 Å². The van der Waals surface area contributed by atoms with Gasteiger partial charge in [-0.1, -0.05) is 12.1 Å². The molecule has 0 spiro atoms. The summed E-state index contributed by atoms with van der Waals surface area (Å²) in [6.45, 7) is 6.10. The molecule has 6 nitrogen and oxygen atoms in total. The number of amides is 1. The van der Waals surface area contributed by atoms with E-state index in [4.69, 9.17) is 9.47 Å². The van der Waals surface area contributed by atoms with Crippen LogP contribution in [0.25, 0.3) is 11.8 Å². The second kappa shape index (κ2) is 7.80. The molecule has 1 aromatic heterocycles. The fourth-order valence-electron chi connectivity index (χ4n) is 3.58. The Morgan fingerprint density at radius 2 is 1.90 bits per heavy atom. The molecule has 0 saturated carbocycles. The standard InChI is InChI=1S/C24H21N3O3/c1-15-5-4-6-20(9-15)26-24(28)19(13-25)11-18-10-16(2)27(17(18)3)21-7-8-22-23(12-21)30-14-29-22/h4-12H,14H2,1-3H3,(H,26,28). The van der Waals surface area contributed by atoms with E-state index in [0.717, 1.165) is 34.0 Å². The van der Waals surface area contributed by atoms with Gasteiger partial charge in [-0.2, -0.15) is 5.26 Å². The summed E-state index contributed by atoms with van der Waals surface area (Å²) in [7, 11) is 0. The third kappa shape index (κ3) is 3.65. The molecule has 0 radical (unpaired) electrons. The molecule has 0 bridgehead atoms. The molecule has 1 aliphatic heterocycles. The highest BCUT2D eigenvalue weighted by Crippen LogP contribution is 2.35. The van der Waals surface area contributed by atoms with Gasteiger partial charge in [-0.25, -0.2) is 0 Å². The van der Waals surface area contributed by atoms with Crippen molar-refractivity contribution >= 4 is 17.7 Å². The van der Waals surface area contributed by atoms with E-state index in [0.29, 0.717) is 11.4 Å². The van der Waals surface area contributed by atoms with Crippen LogP contribution in [0.3, 0.4) is 0 Å². The van der Waals surface area contributed by atoms with E-state index >= 15 is 0 Å². The van der Waals surface area contributed by atoms with Gasteiger partial charge in [0.2, 0.25) is 6.79 Å². The van der Waals surface area contributed by atoms with E-state index in [9.17, 15) is 10.1 Å². The van der Waals surface area contributed by atoms with Crippen LogP contribution in [-0.4, -0.2) is 17.3 Å². The minimum atomic E-state index is -0.434. The number of aryl methyl sites for hydroxylation is 2. The molecular weight excluding hydrogens is 378 g/mol. The smallest absolute Gasteiger partial charge is 0.266 e. The summed E-state index contributed by atoms with van der Waals surface area (Å²) in [5, 5.41) is 12.4. The molecule has 6 heteroatoms. The highest BCUT2D eigenvalue weighted by molar-refractivity contribution is 6.09. The zero-order valence-electron chi connectivity index (χ0n) is 17.0. The maximum absolute atomic E-state index is 12.6. The number of nitriles is 1. The van der Waals surface area contributed by atoms with Crippen LogP contribution in [0.2, 0.25) is 0 Å². The topological polar surface area (TPSA) is 76.3 Å². The fourth-order valence-corrected chi connectivity index (χ4v) is 3.58. The Bertz CT molecular complexity index is 1210. The molecule has 1 aliphatic rings. The second-order valence-electron chi connectivity index (χ2n) is 7.19. The number of hydrogen-bond acceptors (Lipinski definition) is 4. The molecule has 0 saturated heterocycles. The maximum atomic E-state index is 12.6. The molecule has 1 amide bonds. The number of hydrogen-bond donors (Lipinski definition) is 1. The summed E-state index contributed by atoms with van der Waals surface area (Å²) in [6.07, 6.45) is 1.62. The summed E-state index contributed by atoms with van der Waals surface area (Å²) < 4.78 is 12.9. The minimum Gasteiger partial charge on any atom is -0.454 e. The number of anilines is 1. The van der Waals surface area contributed by atoms with E-state index in [1.165, 1.54) is 0 Å². The number of aromatic nitrogens is 1. The first-order valence-corrected chi connectivity index (χ1v) is 9.55. The molecule has 150 valence electrons. The van der Waals surface area contributed by atoms with Crippen molar-refractivity contribution in [2.45, 2.75) is 20.8 Å². The Morgan fingerprint density at radius 1 is 1.10 bits per heavy atom. The van der Waals surface area contributed by atoms with Crippen LogP contribution in [0.15, 0.2) is 54.1 Å². The first-order valence-electron chi connectivity index (χ1n) is 9.55. The van der Waals surface area contributed by atoms with Crippen LogP contribution in [-0.2, 0) is 4.79 Å². The molecule has 0 atom stereocenters. The van der Waals surface area contributed by atoms with Crippen LogP contribution < -0.4 is 14.8 Å². The van der Waals surface area contributed by atoms with Crippen molar-refractivity contribution in [1.82, 2.24) is 4.57 Å². The van der Waals surface area contributed by atoms with Crippen molar-refractivity contribution in [1.29, 1.82) is 5.26 Å². The third-order valence-corrected chi connectivity index (χ3v) is 5.03. The Kier molecular flexibility index (Phi) is 5.03. The van der Waals surface area contributed by atoms with E-state index in [1.807, 2.05) is 69.3 Å². The quantitative estimate of drug-likeness (QED) is 0.511. The van der Waals surface area contributed by atoms with Gasteiger partial charge >= 0.3 is 0 Å². The number of nitrogens with zero attached hydrogens (tertiary/aromatic N) is 2. The number of carbonyl (C=O) groups excluding carboxylic acids is 1. The molecule has 0 unspecified atom stereocenters. The first kappa shape index (κ1) is 19.3. The molecule has 2 heterocycles. The predicted molar refractivity (Wildman–Crippen MR) is 115 cm³/mol. The maximum Gasteiger partial charge on any atom is 0.266 e. The zero-order chi connectivity index (χ0) is 21.3. The lowest BCUT2D eigenvalue weighted by atomic mass is 10.1. The molecule has 0 fully saturated rings. The lowest BCUT2D eigenvalue weighted by Gasteiger charge is -2.10. The molecule has 2 aromatic carbocycles.